The zero-order valence-corrected chi connectivity index (χ0v) is 11.9. The van der Waals surface area contributed by atoms with Crippen LogP contribution in [0.5, 0.6) is 5.75 Å². The van der Waals surface area contributed by atoms with Crippen LogP contribution in [0.25, 0.3) is 0 Å². The minimum Gasteiger partial charge on any atom is -0.497 e. The maximum Gasteiger partial charge on any atom is 0.118 e. The second kappa shape index (κ2) is 6.03. The smallest absolute Gasteiger partial charge is 0.118 e. The van der Waals surface area contributed by atoms with Crippen LogP contribution in [0.3, 0.4) is 0 Å². The van der Waals surface area contributed by atoms with Gasteiger partial charge in [0.15, 0.2) is 0 Å². The molecule has 0 aliphatic rings. The summed E-state index contributed by atoms with van der Waals surface area (Å²) < 4.78 is 6.20. The molecule has 1 atom stereocenters. The molecule has 2 N–H and O–H groups in total. The van der Waals surface area contributed by atoms with Crippen molar-refractivity contribution in [2.24, 2.45) is 5.73 Å². The van der Waals surface area contributed by atoms with Gasteiger partial charge in [-0.15, -0.1) is 0 Å². The van der Waals surface area contributed by atoms with Crippen LogP contribution in [0.1, 0.15) is 17.2 Å². The minimum absolute atomic E-state index is 0.00558. The molecule has 0 spiro atoms. The highest BCUT2D eigenvalue weighted by Gasteiger charge is 2.10. The third-order valence-corrected chi connectivity index (χ3v) is 3.64. The lowest BCUT2D eigenvalue weighted by Gasteiger charge is -2.14. The first kappa shape index (κ1) is 13.1. The molecule has 0 radical (unpaired) electrons. The van der Waals surface area contributed by atoms with E-state index in [2.05, 4.69) is 34.1 Å². The van der Waals surface area contributed by atoms with E-state index < -0.39 is 0 Å². The molecule has 0 saturated carbocycles. The Kier molecular flexibility index (Phi) is 4.39. The third-order valence-electron chi connectivity index (χ3n) is 2.92. The lowest BCUT2D eigenvalue weighted by atomic mass is 10.00. The van der Waals surface area contributed by atoms with Gasteiger partial charge in [-0.1, -0.05) is 46.3 Å². The fourth-order valence-corrected chi connectivity index (χ4v) is 2.48. The average molecular weight is 306 g/mol. The van der Waals surface area contributed by atoms with Gasteiger partial charge in [0, 0.05) is 10.5 Å². The predicted octanol–water partition coefficient (Wildman–Crippen LogP) is 3.70. The predicted molar refractivity (Wildman–Crippen MR) is 77.8 cm³/mol. The van der Waals surface area contributed by atoms with Crippen molar-refractivity contribution in [1.82, 2.24) is 0 Å². The third kappa shape index (κ3) is 3.12. The molecule has 18 heavy (non-hydrogen) atoms. The topological polar surface area (TPSA) is 35.2 Å². The van der Waals surface area contributed by atoms with Crippen molar-refractivity contribution in [3.63, 3.8) is 0 Å². The molecule has 2 nitrogen and oxygen atoms in total. The Labute approximate surface area is 116 Å². The summed E-state index contributed by atoms with van der Waals surface area (Å²) >= 11 is 3.53. The zero-order valence-electron chi connectivity index (χ0n) is 10.3. The Balaban J connectivity index is 2.11. The molecule has 0 bridgehead atoms. The molecule has 1 unspecified atom stereocenters. The first-order chi connectivity index (χ1) is 8.70. The molecule has 0 aliphatic carbocycles. The first-order valence-electron chi connectivity index (χ1n) is 5.83. The van der Waals surface area contributed by atoms with Crippen molar-refractivity contribution >= 4 is 15.9 Å². The molecule has 2 aromatic carbocycles. The van der Waals surface area contributed by atoms with E-state index in [0.717, 1.165) is 22.2 Å². The Hall–Kier alpha value is -1.32. The van der Waals surface area contributed by atoms with Crippen molar-refractivity contribution in [2.75, 3.05) is 7.11 Å². The van der Waals surface area contributed by atoms with Crippen LogP contribution in [0.15, 0.2) is 53.0 Å². The second-order valence-electron chi connectivity index (χ2n) is 4.18. The standard InChI is InChI=1S/C15H16BrNO/c1-18-12-8-6-11(7-9-12)10-15(17)13-4-2-3-5-14(13)16/h2-9,15H,10,17H2,1H3. The number of methoxy groups -OCH3 is 1. The van der Waals surface area contributed by atoms with Gasteiger partial charge in [0.1, 0.15) is 5.75 Å². The largest absolute Gasteiger partial charge is 0.497 e. The SMILES string of the molecule is COc1ccc(CC(N)c2ccccc2Br)cc1. The molecule has 0 fully saturated rings. The van der Waals surface area contributed by atoms with Crippen LogP contribution in [0.4, 0.5) is 0 Å². The average Bonchev–Trinajstić information content (AvgIpc) is 2.40. The highest BCUT2D eigenvalue weighted by molar-refractivity contribution is 9.10. The van der Waals surface area contributed by atoms with Crippen LogP contribution in [0.2, 0.25) is 0 Å². The van der Waals surface area contributed by atoms with E-state index in [9.17, 15) is 0 Å². The number of benzene rings is 2. The number of rotatable bonds is 4. The highest BCUT2D eigenvalue weighted by atomic mass is 79.9. The molecule has 2 rings (SSSR count). The number of hydrogen-bond donors (Lipinski definition) is 1. The van der Waals surface area contributed by atoms with Crippen molar-refractivity contribution in [1.29, 1.82) is 0 Å². The summed E-state index contributed by atoms with van der Waals surface area (Å²) in [6, 6.07) is 16.1. The summed E-state index contributed by atoms with van der Waals surface area (Å²) in [6.07, 6.45) is 0.812. The summed E-state index contributed by atoms with van der Waals surface area (Å²) in [5, 5.41) is 0. The van der Waals surface area contributed by atoms with Gasteiger partial charge < -0.3 is 10.5 Å². The molecule has 0 aromatic heterocycles. The molecule has 0 saturated heterocycles. The molecule has 0 amide bonds. The summed E-state index contributed by atoms with van der Waals surface area (Å²) in [6.45, 7) is 0. The van der Waals surface area contributed by atoms with E-state index in [1.807, 2.05) is 30.3 Å². The molecule has 2 aromatic rings. The second-order valence-corrected chi connectivity index (χ2v) is 5.03. The van der Waals surface area contributed by atoms with Crippen LogP contribution in [0, 0.1) is 0 Å². The summed E-state index contributed by atoms with van der Waals surface area (Å²) in [5.41, 5.74) is 8.58. The molecule has 94 valence electrons. The van der Waals surface area contributed by atoms with Gasteiger partial charge in [-0.2, -0.15) is 0 Å². The monoisotopic (exact) mass is 305 g/mol. The number of nitrogens with two attached hydrogens (primary N) is 1. The molecular weight excluding hydrogens is 290 g/mol. The zero-order chi connectivity index (χ0) is 13.0. The van der Waals surface area contributed by atoms with Gasteiger partial charge >= 0.3 is 0 Å². The van der Waals surface area contributed by atoms with Gasteiger partial charge in [-0.05, 0) is 35.7 Å². The van der Waals surface area contributed by atoms with E-state index in [1.54, 1.807) is 7.11 Å². The molecule has 0 aliphatic heterocycles. The van der Waals surface area contributed by atoms with Crippen LogP contribution < -0.4 is 10.5 Å². The quantitative estimate of drug-likeness (QED) is 0.935. The van der Waals surface area contributed by atoms with Crippen molar-refractivity contribution in [2.45, 2.75) is 12.5 Å². The van der Waals surface area contributed by atoms with E-state index in [0.29, 0.717) is 0 Å². The van der Waals surface area contributed by atoms with Crippen LogP contribution >= 0.6 is 15.9 Å². The lowest BCUT2D eigenvalue weighted by Crippen LogP contribution is -2.13. The summed E-state index contributed by atoms with van der Waals surface area (Å²) in [5.74, 6) is 0.869. The fraction of sp³-hybridized carbons (Fsp3) is 0.200. The van der Waals surface area contributed by atoms with Crippen LogP contribution in [-0.2, 0) is 6.42 Å². The number of ether oxygens (including phenoxy) is 1. The molecule has 3 heteroatoms. The minimum atomic E-state index is -0.00558. The van der Waals surface area contributed by atoms with Gasteiger partial charge in [-0.25, -0.2) is 0 Å². The van der Waals surface area contributed by atoms with E-state index >= 15 is 0 Å². The van der Waals surface area contributed by atoms with Gasteiger partial charge in [0.2, 0.25) is 0 Å². The van der Waals surface area contributed by atoms with Crippen molar-refractivity contribution in [3.05, 3.63) is 64.1 Å². The molecule has 0 heterocycles. The van der Waals surface area contributed by atoms with E-state index in [1.165, 1.54) is 5.56 Å². The van der Waals surface area contributed by atoms with Gasteiger partial charge in [0.05, 0.1) is 7.11 Å². The van der Waals surface area contributed by atoms with Crippen molar-refractivity contribution in [3.8, 4) is 5.75 Å². The van der Waals surface area contributed by atoms with E-state index in [4.69, 9.17) is 10.5 Å². The van der Waals surface area contributed by atoms with Crippen molar-refractivity contribution < 1.29 is 4.74 Å². The number of halogens is 1. The van der Waals surface area contributed by atoms with Gasteiger partial charge in [-0.3, -0.25) is 0 Å². The van der Waals surface area contributed by atoms with E-state index in [-0.39, 0.29) is 6.04 Å². The molecular formula is C15H16BrNO. The Morgan fingerprint density at radius 2 is 1.78 bits per heavy atom. The summed E-state index contributed by atoms with van der Waals surface area (Å²) in [7, 11) is 1.67. The normalized spacial score (nSPS) is 12.2. The Morgan fingerprint density at radius 1 is 1.11 bits per heavy atom. The fourth-order valence-electron chi connectivity index (χ4n) is 1.90. The lowest BCUT2D eigenvalue weighted by molar-refractivity contribution is 0.414. The highest BCUT2D eigenvalue weighted by Crippen LogP contribution is 2.24. The maximum absolute atomic E-state index is 6.24. The maximum atomic E-state index is 6.24. The summed E-state index contributed by atoms with van der Waals surface area (Å²) in [4.78, 5) is 0. The Bertz CT molecular complexity index is 510. The first-order valence-corrected chi connectivity index (χ1v) is 6.63. The number of hydrogen-bond acceptors (Lipinski definition) is 2. The van der Waals surface area contributed by atoms with Gasteiger partial charge in [0.25, 0.3) is 0 Å². The van der Waals surface area contributed by atoms with Crippen LogP contribution in [-0.4, -0.2) is 7.11 Å². The Morgan fingerprint density at radius 3 is 2.39 bits per heavy atom.